The number of H-pyrrole nitrogens is 1. The number of para-hydroxylation sites is 1. The van der Waals surface area contributed by atoms with Gasteiger partial charge in [0.1, 0.15) is 6.04 Å². The van der Waals surface area contributed by atoms with E-state index in [2.05, 4.69) is 20.9 Å². The standard InChI is InChI=1S/C20H26N4O3/c1-12(2)17(24-20(27)23-15-8-6-5-7-9-15)19(26)21-11-16-13(3)10-14(4)22-18(16)25/h5-10,12,17H,11H2,1-4H3,(H,21,26)(H,22,25)(H2,23,24,27). The topological polar surface area (TPSA) is 103 Å². The van der Waals surface area contributed by atoms with Gasteiger partial charge in [-0.15, -0.1) is 0 Å². The van der Waals surface area contributed by atoms with Gasteiger partial charge in [-0.1, -0.05) is 32.0 Å². The summed E-state index contributed by atoms with van der Waals surface area (Å²) in [6.07, 6.45) is 0. The van der Waals surface area contributed by atoms with Gasteiger partial charge in [0.25, 0.3) is 5.56 Å². The normalized spacial score (nSPS) is 11.7. The maximum atomic E-state index is 12.6. The zero-order chi connectivity index (χ0) is 20.0. The van der Waals surface area contributed by atoms with Crippen molar-refractivity contribution in [2.45, 2.75) is 40.3 Å². The van der Waals surface area contributed by atoms with Crippen LogP contribution in [0.1, 0.15) is 30.7 Å². The Labute approximate surface area is 158 Å². The van der Waals surface area contributed by atoms with Gasteiger partial charge in [-0.3, -0.25) is 9.59 Å². The minimum absolute atomic E-state index is 0.103. The van der Waals surface area contributed by atoms with Crippen molar-refractivity contribution in [3.05, 3.63) is 63.6 Å². The summed E-state index contributed by atoms with van der Waals surface area (Å²) in [5.41, 5.74) is 2.51. The van der Waals surface area contributed by atoms with E-state index in [1.54, 1.807) is 19.1 Å². The molecule has 4 N–H and O–H groups in total. The van der Waals surface area contributed by atoms with E-state index in [9.17, 15) is 14.4 Å². The first kappa shape index (κ1) is 20.2. The Morgan fingerprint density at radius 1 is 1.11 bits per heavy atom. The van der Waals surface area contributed by atoms with E-state index < -0.39 is 12.1 Å². The van der Waals surface area contributed by atoms with Gasteiger partial charge in [0.15, 0.2) is 0 Å². The number of pyridine rings is 1. The van der Waals surface area contributed by atoms with E-state index in [1.165, 1.54) is 0 Å². The van der Waals surface area contributed by atoms with Gasteiger partial charge >= 0.3 is 6.03 Å². The van der Waals surface area contributed by atoms with Crippen molar-refractivity contribution in [1.29, 1.82) is 0 Å². The molecular formula is C20H26N4O3. The summed E-state index contributed by atoms with van der Waals surface area (Å²) in [5, 5.41) is 8.14. The van der Waals surface area contributed by atoms with E-state index in [-0.39, 0.29) is 23.9 Å². The van der Waals surface area contributed by atoms with Crippen LogP contribution in [-0.4, -0.2) is 23.0 Å². The summed E-state index contributed by atoms with van der Waals surface area (Å²) < 4.78 is 0. The number of carbonyl (C=O) groups excluding carboxylic acids is 2. The van der Waals surface area contributed by atoms with Gasteiger partial charge < -0.3 is 20.9 Å². The smallest absolute Gasteiger partial charge is 0.319 e. The number of aromatic nitrogens is 1. The molecule has 0 aliphatic carbocycles. The Balaban J connectivity index is 2.00. The van der Waals surface area contributed by atoms with Gasteiger partial charge in [-0.05, 0) is 43.5 Å². The Bertz CT molecular complexity index is 859. The first-order valence-corrected chi connectivity index (χ1v) is 8.87. The minimum Gasteiger partial charge on any atom is -0.350 e. The van der Waals surface area contributed by atoms with Crippen LogP contribution in [0.2, 0.25) is 0 Å². The van der Waals surface area contributed by atoms with Crippen molar-refractivity contribution in [2.75, 3.05) is 5.32 Å². The molecule has 3 amide bonds. The second-order valence-electron chi connectivity index (χ2n) is 6.85. The predicted molar refractivity (Wildman–Crippen MR) is 106 cm³/mol. The highest BCUT2D eigenvalue weighted by molar-refractivity contribution is 5.93. The molecule has 0 fully saturated rings. The molecule has 0 saturated carbocycles. The molecule has 1 heterocycles. The fraction of sp³-hybridized carbons (Fsp3) is 0.350. The van der Waals surface area contributed by atoms with Gasteiger partial charge in [-0.25, -0.2) is 4.79 Å². The Morgan fingerprint density at radius 3 is 2.37 bits per heavy atom. The van der Waals surface area contributed by atoms with E-state index in [0.29, 0.717) is 11.3 Å². The third kappa shape index (κ3) is 5.70. The van der Waals surface area contributed by atoms with E-state index in [1.807, 2.05) is 45.0 Å². The average Bonchev–Trinajstić information content (AvgIpc) is 2.59. The van der Waals surface area contributed by atoms with Crippen LogP contribution in [0.15, 0.2) is 41.2 Å². The maximum Gasteiger partial charge on any atom is 0.319 e. The fourth-order valence-electron chi connectivity index (χ4n) is 2.75. The second-order valence-corrected chi connectivity index (χ2v) is 6.85. The molecule has 144 valence electrons. The molecule has 0 radical (unpaired) electrons. The summed E-state index contributed by atoms with van der Waals surface area (Å²) in [6.45, 7) is 7.43. The number of hydrogen-bond acceptors (Lipinski definition) is 3. The average molecular weight is 370 g/mol. The second kappa shape index (κ2) is 9.02. The number of benzene rings is 1. The predicted octanol–water partition coefficient (Wildman–Crippen LogP) is 2.45. The number of nitrogens with one attached hydrogen (secondary N) is 4. The molecule has 1 atom stereocenters. The summed E-state index contributed by atoms with van der Waals surface area (Å²) in [6, 6.07) is 9.66. The SMILES string of the molecule is Cc1cc(C)c(CNC(=O)C(NC(=O)Nc2ccccc2)C(C)C)c(=O)[nH]1. The Kier molecular flexibility index (Phi) is 6.76. The molecule has 1 aromatic heterocycles. The fourth-order valence-corrected chi connectivity index (χ4v) is 2.75. The number of carbonyl (C=O) groups is 2. The highest BCUT2D eigenvalue weighted by Crippen LogP contribution is 2.08. The van der Waals surface area contributed by atoms with Crippen molar-refractivity contribution < 1.29 is 9.59 Å². The number of amides is 3. The quantitative estimate of drug-likeness (QED) is 0.628. The summed E-state index contributed by atoms with van der Waals surface area (Å²) in [4.78, 5) is 39.6. The molecule has 2 rings (SSSR count). The first-order valence-electron chi connectivity index (χ1n) is 8.87. The number of urea groups is 1. The maximum absolute atomic E-state index is 12.6. The van der Waals surface area contributed by atoms with Crippen LogP contribution in [0.3, 0.4) is 0 Å². The lowest BCUT2D eigenvalue weighted by Crippen LogP contribution is -2.51. The molecule has 0 spiro atoms. The number of hydrogen-bond donors (Lipinski definition) is 4. The van der Waals surface area contributed by atoms with E-state index in [4.69, 9.17) is 0 Å². The van der Waals surface area contributed by atoms with Gasteiger partial charge in [0.2, 0.25) is 5.91 Å². The summed E-state index contributed by atoms with van der Waals surface area (Å²) in [7, 11) is 0. The zero-order valence-corrected chi connectivity index (χ0v) is 16.1. The van der Waals surface area contributed by atoms with Gasteiger partial charge in [-0.2, -0.15) is 0 Å². The first-order chi connectivity index (χ1) is 12.8. The molecule has 0 bridgehead atoms. The molecule has 0 aliphatic rings. The van der Waals surface area contributed by atoms with Crippen molar-refractivity contribution in [3.8, 4) is 0 Å². The summed E-state index contributed by atoms with van der Waals surface area (Å²) >= 11 is 0. The molecular weight excluding hydrogens is 344 g/mol. The van der Waals surface area contributed by atoms with Crippen LogP contribution in [0.25, 0.3) is 0 Å². The Hall–Kier alpha value is -3.09. The van der Waals surface area contributed by atoms with Crippen LogP contribution in [0, 0.1) is 19.8 Å². The lowest BCUT2D eigenvalue weighted by molar-refractivity contribution is -0.124. The number of rotatable bonds is 6. The zero-order valence-electron chi connectivity index (χ0n) is 16.1. The van der Waals surface area contributed by atoms with Crippen LogP contribution >= 0.6 is 0 Å². The number of anilines is 1. The minimum atomic E-state index is -0.724. The van der Waals surface area contributed by atoms with Gasteiger partial charge in [0, 0.05) is 23.5 Å². The molecule has 0 saturated heterocycles. The van der Waals surface area contributed by atoms with E-state index in [0.717, 1.165) is 11.3 Å². The molecule has 1 unspecified atom stereocenters. The van der Waals surface area contributed by atoms with Crippen molar-refractivity contribution in [2.24, 2.45) is 5.92 Å². The largest absolute Gasteiger partial charge is 0.350 e. The lowest BCUT2D eigenvalue weighted by Gasteiger charge is -2.22. The summed E-state index contributed by atoms with van der Waals surface area (Å²) in [5.74, 6) is -0.462. The van der Waals surface area contributed by atoms with Gasteiger partial charge in [0.05, 0.1) is 0 Å². The molecule has 27 heavy (non-hydrogen) atoms. The lowest BCUT2D eigenvalue weighted by atomic mass is 10.0. The number of aromatic amines is 1. The highest BCUT2D eigenvalue weighted by Gasteiger charge is 2.24. The van der Waals surface area contributed by atoms with E-state index >= 15 is 0 Å². The van der Waals surface area contributed by atoms with Crippen molar-refractivity contribution in [3.63, 3.8) is 0 Å². The van der Waals surface area contributed by atoms with Crippen LogP contribution < -0.4 is 21.5 Å². The molecule has 0 aliphatic heterocycles. The number of aryl methyl sites for hydroxylation is 2. The third-order valence-corrected chi connectivity index (χ3v) is 4.20. The molecule has 2 aromatic rings. The monoisotopic (exact) mass is 370 g/mol. The molecule has 1 aromatic carbocycles. The third-order valence-electron chi connectivity index (χ3n) is 4.20. The van der Waals surface area contributed by atoms with Crippen LogP contribution in [0.4, 0.5) is 10.5 Å². The van der Waals surface area contributed by atoms with Crippen LogP contribution in [-0.2, 0) is 11.3 Å². The van der Waals surface area contributed by atoms with Crippen molar-refractivity contribution >= 4 is 17.6 Å². The molecule has 7 nitrogen and oxygen atoms in total. The highest BCUT2D eigenvalue weighted by atomic mass is 16.2. The van der Waals surface area contributed by atoms with Crippen LogP contribution in [0.5, 0.6) is 0 Å². The van der Waals surface area contributed by atoms with Crippen molar-refractivity contribution in [1.82, 2.24) is 15.6 Å². The Morgan fingerprint density at radius 2 is 1.78 bits per heavy atom. The molecule has 7 heteroatoms.